The van der Waals surface area contributed by atoms with Gasteiger partial charge in [-0.25, -0.2) is 9.98 Å². The first-order valence-electron chi connectivity index (χ1n) is 24.6. The third-order valence-electron chi connectivity index (χ3n) is 13.6. The highest BCUT2D eigenvalue weighted by Gasteiger charge is 2.28. The molecule has 4 nitrogen and oxygen atoms in total. The Bertz CT molecular complexity index is 3540. The van der Waals surface area contributed by atoms with E-state index in [2.05, 4.69) is 290 Å². The number of rotatable bonds is 11. The van der Waals surface area contributed by atoms with Gasteiger partial charge in [0.1, 0.15) is 18.2 Å². The van der Waals surface area contributed by atoms with Crippen LogP contribution < -0.4 is 10.6 Å². The third kappa shape index (κ3) is 9.07. The van der Waals surface area contributed by atoms with Crippen LogP contribution in [0.5, 0.6) is 0 Å². The Labute approximate surface area is 421 Å². The summed E-state index contributed by atoms with van der Waals surface area (Å²) in [6, 6.07) is 99.2. The normalized spacial score (nSPS) is 14.2. The van der Waals surface area contributed by atoms with Crippen LogP contribution in [0.2, 0.25) is 0 Å². The standard InChI is InChI=1S/C68H50N4/c1-7-21-47(22-8-1)49-37-41-55(42-38-49)66-70-67(56-43-39-50(40-44-56)48-23-9-2-10-24-48)72-68(71-66)60-36-20-34-58(46-60)57-33-19-35-59(45-57)61-62(51-25-11-3-12-26-51)64(53-29-15-5-16-30-53)69-65(54-31-17-6-18-32-54)63(61)52-27-13-4-14-28-52/h1-46,66,68,71H,(H,70,72). The Balaban J connectivity index is 0.986. The molecule has 0 saturated heterocycles. The zero-order valence-electron chi connectivity index (χ0n) is 39.6. The van der Waals surface area contributed by atoms with Crippen molar-refractivity contribution in [2.45, 2.75) is 12.3 Å². The Morgan fingerprint density at radius 3 is 1.14 bits per heavy atom. The lowest BCUT2D eigenvalue weighted by Gasteiger charge is -2.32. The van der Waals surface area contributed by atoms with Crippen LogP contribution in [0.4, 0.5) is 0 Å². The van der Waals surface area contributed by atoms with E-state index in [0.29, 0.717) is 0 Å². The molecule has 10 aromatic carbocycles. The monoisotopic (exact) mass is 922 g/mol. The van der Waals surface area contributed by atoms with Crippen molar-refractivity contribution < 1.29 is 0 Å². The van der Waals surface area contributed by atoms with Gasteiger partial charge in [0.25, 0.3) is 0 Å². The highest BCUT2D eigenvalue weighted by molar-refractivity contribution is 6.05. The molecule has 2 atom stereocenters. The van der Waals surface area contributed by atoms with Crippen molar-refractivity contribution in [1.29, 1.82) is 0 Å². The maximum atomic E-state index is 5.66. The number of nitrogens with one attached hydrogen (secondary N) is 2. The van der Waals surface area contributed by atoms with E-state index in [1.54, 1.807) is 0 Å². The topological polar surface area (TPSA) is 49.3 Å². The average molecular weight is 923 g/mol. The van der Waals surface area contributed by atoms with E-state index in [9.17, 15) is 0 Å². The highest BCUT2D eigenvalue weighted by Crippen LogP contribution is 2.49. The van der Waals surface area contributed by atoms with Gasteiger partial charge >= 0.3 is 0 Å². The predicted molar refractivity (Wildman–Crippen MR) is 299 cm³/mol. The third-order valence-corrected chi connectivity index (χ3v) is 13.6. The minimum absolute atomic E-state index is 0.203. The van der Waals surface area contributed by atoms with Gasteiger partial charge in [0.2, 0.25) is 0 Å². The molecule has 0 spiro atoms. The largest absolute Gasteiger partial charge is 0.350 e. The van der Waals surface area contributed by atoms with Crippen molar-refractivity contribution >= 4 is 5.84 Å². The summed E-state index contributed by atoms with van der Waals surface area (Å²) in [5, 5.41) is 7.67. The zero-order chi connectivity index (χ0) is 48.1. The van der Waals surface area contributed by atoms with Crippen molar-refractivity contribution in [3.8, 4) is 89.3 Å². The van der Waals surface area contributed by atoms with E-state index in [0.717, 1.165) is 89.5 Å². The molecule has 1 aliphatic heterocycles. The molecule has 342 valence electrons. The lowest BCUT2D eigenvalue weighted by molar-refractivity contribution is 0.409. The summed E-state index contributed by atoms with van der Waals surface area (Å²) in [5.41, 5.74) is 20.8. The molecular weight excluding hydrogens is 873 g/mol. The van der Waals surface area contributed by atoms with Gasteiger partial charge in [0.15, 0.2) is 0 Å². The van der Waals surface area contributed by atoms with Crippen LogP contribution in [0.25, 0.3) is 89.3 Å². The molecule has 12 rings (SSSR count). The zero-order valence-corrected chi connectivity index (χ0v) is 39.6. The summed E-state index contributed by atoms with van der Waals surface area (Å²) in [6.45, 7) is 0. The smallest absolute Gasteiger partial charge is 0.131 e. The summed E-state index contributed by atoms with van der Waals surface area (Å²) in [7, 11) is 0. The molecule has 0 aliphatic carbocycles. The molecular formula is C68H50N4. The van der Waals surface area contributed by atoms with Crippen molar-refractivity contribution in [1.82, 2.24) is 15.6 Å². The van der Waals surface area contributed by atoms with Crippen LogP contribution >= 0.6 is 0 Å². The molecule has 4 heteroatoms. The van der Waals surface area contributed by atoms with Crippen LogP contribution in [0.15, 0.2) is 284 Å². The second-order valence-corrected chi connectivity index (χ2v) is 18.2. The Morgan fingerprint density at radius 1 is 0.264 bits per heavy atom. The van der Waals surface area contributed by atoms with Gasteiger partial charge in [-0.1, -0.05) is 267 Å². The molecule has 0 amide bonds. The van der Waals surface area contributed by atoms with Crippen LogP contribution in [0.1, 0.15) is 29.0 Å². The molecule has 2 unspecified atom stereocenters. The summed E-state index contributed by atoms with van der Waals surface area (Å²) >= 11 is 0. The Hall–Kier alpha value is -9.22. The fraction of sp³-hybridized carbons (Fsp3) is 0.0294. The van der Waals surface area contributed by atoms with Gasteiger partial charge in [-0.3, -0.25) is 5.32 Å². The van der Waals surface area contributed by atoms with E-state index in [4.69, 9.17) is 9.98 Å². The minimum atomic E-state index is -0.339. The van der Waals surface area contributed by atoms with Crippen molar-refractivity contribution in [2.24, 2.45) is 4.99 Å². The van der Waals surface area contributed by atoms with Gasteiger partial charge < -0.3 is 5.32 Å². The average Bonchev–Trinajstić information content (AvgIpc) is 3.48. The van der Waals surface area contributed by atoms with Gasteiger partial charge in [-0.2, -0.15) is 0 Å². The number of hydrogen-bond acceptors (Lipinski definition) is 4. The Morgan fingerprint density at radius 2 is 0.639 bits per heavy atom. The van der Waals surface area contributed by atoms with Gasteiger partial charge in [-0.15, -0.1) is 0 Å². The summed E-state index contributed by atoms with van der Waals surface area (Å²) in [6.07, 6.45) is -0.543. The molecule has 0 saturated carbocycles. The van der Waals surface area contributed by atoms with Gasteiger partial charge in [-0.05, 0) is 73.3 Å². The second-order valence-electron chi connectivity index (χ2n) is 18.2. The summed E-state index contributed by atoms with van der Waals surface area (Å²) in [4.78, 5) is 11.1. The molecule has 2 N–H and O–H groups in total. The maximum Gasteiger partial charge on any atom is 0.131 e. The number of pyridine rings is 1. The van der Waals surface area contributed by atoms with Crippen LogP contribution in [-0.2, 0) is 0 Å². The fourth-order valence-electron chi connectivity index (χ4n) is 10.00. The van der Waals surface area contributed by atoms with E-state index in [1.165, 1.54) is 22.3 Å². The van der Waals surface area contributed by atoms with E-state index in [-0.39, 0.29) is 12.3 Å². The molecule has 72 heavy (non-hydrogen) atoms. The number of hydrogen-bond donors (Lipinski definition) is 2. The number of aliphatic imine (C=N–C) groups is 1. The maximum absolute atomic E-state index is 5.66. The van der Waals surface area contributed by atoms with Gasteiger partial charge in [0, 0.05) is 33.4 Å². The minimum Gasteiger partial charge on any atom is -0.350 e. The number of amidine groups is 1. The molecule has 1 aliphatic rings. The van der Waals surface area contributed by atoms with Crippen LogP contribution in [-0.4, -0.2) is 10.8 Å². The van der Waals surface area contributed by atoms with Gasteiger partial charge in [0.05, 0.1) is 11.4 Å². The second kappa shape index (κ2) is 20.0. The van der Waals surface area contributed by atoms with E-state index in [1.807, 2.05) is 0 Å². The first-order chi connectivity index (χ1) is 35.7. The molecule has 2 heterocycles. The molecule has 0 radical (unpaired) electrons. The first-order valence-corrected chi connectivity index (χ1v) is 24.6. The lowest BCUT2D eigenvalue weighted by atomic mass is 9.82. The molecule has 0 fully saturated rings. The SMILES string of the molecule is c1ccc(-c2ccc(C3=NC(c4cccc(-c5cccc(-c6c(-c7ccccc7)c(-c7ccccc7)nc(-c7ccccc7)c6-c6ccccc6)c5)c4)NC(c4ccc(-c5ccccc5)cc4)N3)cc2)cc1. The molecule has 0 bridgehead atoms. The first kappa shape index (κ1) is 44.0. The molecule has 11 aromatic rings. The van der Waals surface area contributed by atoms with Crippen molar-refractivity contribution in [2.75, 3.05) is 0 Å². The van der Waals surface area contributed by atoms with Crippen molar-refractivity contribution in [3.63, 3.8) is 0 Å². The summed E-state index contributed by atoms with van der Waals surface area (Å²) < 4.78 is 0. The highest BCUT2D eigenvalue weighted by atomic mass is 15.3. The van der Waals surface area contributed by atoms with Crippen LogP contribution in [0, 0.1) is 0 Å². The predicted octanol–water partition coefficient (Wildman–Crippen LogP) is 16.8. The number of benzene rings is 10. The Kier molecular flexibility index (Phi) is 12.2. The van der Waals surface area contributed by atoms with E-state index < -0.39 is 0 Å². The fourth-order valence-corrected chi connectivity index (χ4v) is 10.00. The number of nitrogens with zero attached hydrogens (tertiary/aromatic N) is 2. The van der Waals surface area contributed by atoms with E-state index >= 15 is 0 Å². The number of aromatic nitrogens is 1. The van der Waals surface area contributed by atoms with Crippen molar-refractivity contribution in [3.05, 3.63) is 296 Å². The lowest BCUT2D eigenvalue weighted by Crippen LogP contribution is -2.44. The molecule has 1 aromatic heterocycles. The quantitative estimate of drug-likeness (QED) is 0.136. The van der Waals surface area contributed by atoms with Crippen LogP contribution in [0.3, 0.4) is 0 Å². The summed E-state index contributed by atoms with van der Waals surface area (Å²) in [5.74, 6) is 0.839.